The maximum Gasteiger partial charge on any atom is 0.255 e. The van der Waals surface area contributed by atoms with Crippen LogP contribution in [0.15, 0.2) is 71.8 Å². The summed E-state index contributed by atoms with van der Waals surface area (Å²) in [5, 5.41) is 10.3. The van der Waals surface area contributed by atoms with Gasteiger partial charge in [0.25, 0.3) is 5.56 Å². The van der Waals surface area contributed by atoms with Gasteiger partial charge in [0.05, 0.1) is 11.6 Å². The van der Waals surface area contributed by atoms with Gasteiger partial charge in [0.1, 0.15) is 0 Å². The summed E-state index contributed by atoms with van der Waals surface area (Å²) in [6, 6.07) is 20.0. The van der Waals surface area contributed by atoms with Gasteiger partial charge in [0.2, 0.25) is 0 Å². The molecule has 1 N–H and O–H groups in total. The minimum atomic E-state index is -0.000459. The van der Waals surface area contributed by atoms with Gasteiger partial charge in [-0.25, -0.2) is 0 Å². The molecule has 0 saturated carbocycles. The zero-order valence-corrected chi connectivity index (χ0v) is 19.5. The number of benzene rings is 2. The minimum Gasteiger partial charge on any atom is -0.369 e. The van der Waals surface area contributed by atoms with Gasteiger partial charge in [-0.05, 0) is 86.0 Å². The summed E-state index contributed by atoms with van der Waals surface area (Å²) >= 11 is 0. The zero-order chi connectivity index (χ0) is 23.5. The average molecular weight is 452 g/mol. The van der Waals surface area contributed by atoms with Crippen molar-refractivity contribution in [1.29, 1.82) is 5.26 Å². The van der Waals surface area contributed by atoms with Crippen LogP contribution in [-0.2, 0) is 6.42 Å². The van der Waals surface area contributed by atoms with Crippen molar-refractivity contribution in [3.05, 3.63) is 94.0 Å². The van der Waals surface area contributed by atoms with Gasteiger partial charge in [-0.15, -0.1) is 0 Å². The fourth-order valence-electron chi connectivity index (χ4n) is 4.79. The SMILES string of the molecule is Cc1ccn(-c2ccc(N3CCN(CCCc4c[nH]c5ccc(C#N)cc45)CC3)cc2)c(=O)c1. The summed E-state index contributed by atoms with van der Waals surface area (Å²) in [7, 11) is 0. The third-order valence-corrected chi connectivity index (χ3v) is 6.76. The smallest absolute Gasteiger partial charge is 0.255 e. The number of H-pyrrole nitrogens is 1. The number of pyridine rings is 1. The van der Waals surface area contributed by atoms with E-state index in [9.17, 15) is 10.1 Å². The van der Waals surface area contributed by atoms with Crippen molar-refractivity contribution in [2.75, 3.05) is 37.6 Å². The average Bonchev–Trinajstić information content (AvgIpc) is 3.27. The Morgan fingerprint density at radius 3 is 2.47 bits per heavy atom. The molecular formula is C28H29N5O. The number of hydrogen-bond acceptors (Lipinski definition) is 4. The minimum absolute atomic E-state index is 0.000459. The summed E-state index contributed by atoms with van der Waals surface area (Å²) in [5.41, 5.74) is 6.18. The molecule has 0 amide bonds. The number of nitrogens with one attached hydrogen (secondary N) is 1. The molecule has 34 heavy (non-hydrogen) atoms. The Bertz CT molecular complexity index is 1390. The highest BCUT2D eigenvalue weighted by Crippen LogP contribution is 2.22. The summed E-state index contributed by atoms with van der Waals surface area (Å²) in [6.45, 7) is 7.11. The third kappa shape index (κ3) is 4.61. The molecular weight excluding hydrogens is 422 g/mol. The number of hydrogen-bond donors (Lipinski definition) is 1. The van der Waals surface area contributed by atoms with Crippen LogP contribution in [0.25, 0.3) is 16.6 Å². The first kappa shape index (κ1) is 22.0. The molecule has 1 aliphatic heterocycles. The third-order valence-electron chi connectivity index (χ3n) is 6.76. The molecule has 3 heterocycles. The van der Waals surface area contributed by atoms with Gasteiger partial charge in [-0.2, -0.15) is 5.26 Å². The monoisotopic (exact) mass is 451 g/mol. The molecule has 0 spiro atoms. The van der Waals surface area contributed by atoms with E-state index in [0.29, 0.717) is 5.56 Å². The van der Waals surface area contributed by atoms with Crippen LogP contribution in [0.1, 0.15) is 23.1 Å². The number of fused-ring (bicyclic) bond motifs is 1. The van der Waals surface area contributed by atoms with Crippen LogP contribution < -0.4 is 10.5 Å². The van der Waals surface area contributed by atoms with E-state index < -0.39 is 0 Å². The fraction of sp³-hybridized carbons (Fsp3) is 0.286. The molecule has 0 bridgehead atoms. The highest BCUT2D eigenvalue weighted by molar-refractivity contribution is 5.84. The molecule has 172 valence electrons. The van der Waals surface area contributed by atoms with Crippen LogP contribution in [0.4, 0.5) is 5.69 Å². The molecule has 0 atom stereocenters. The van der Waals surface area contributed by atoms with Crippen LogP contribution in [-0.4, -0.2) is 47.2 Å². The van der Waals surface area contributed by atoms with Crippen molar-refractivity contribution in [3.8, 4) is 11.8 Å². The van der Waals surface area contributed by atoms with Crippen molar-refractivity contribution < 1.29 is 0 Å². The van der Waals surface area contributed by atoms with Crippen LogP contribution in [0, 0.1) is 18.3 Å². The van der Waals surface area contributed by atoms with Gasteiger partial charge in [0, 0.05) is 66.9 Å². The van der Waals surface area contributed by atoms with Gasteiger partial charge >= 0.3 is 0 Å². The lowest BCUT2D eigenvalue weighted by Gasteiger charge is -2.36. The first-order chi connectivity index (χ1) is 16.6. The van der Waals surface area contributed by atoms with Crippen molar-refractivity contribution >= 4 is 16.6 Å². The summed E-state index contributed by atoms with van der Waals surface area (Å²) < 4.78 is 1.68. The Morgan fingerprint density at radius 2 is 1.74 bits per heavy atom. The quantitative estimate of drug-likeness (QED) is 0.476. The van der Waals surface area contributed by atoms with Crippen molar-refractivity contribution in [2.45, 2.75) is 19.8 Å². The molecule has 6 nitrogen and oxygen atoms in total. The summed E-state index contributed by atoms with van der Waals surface area (Å²) in [6.07, 6.45) is 6.03. The number of piperazine rings is 1. The van der Waals surface area contributed by atoms with Gasteiger partial charge < -0.3 is 9.88 Å². The Morgan fingerprint density at radius 1 is 0.971 bits per heavy atom. The molecule has 4 aromatic rings. The lowest BCUT2D eigenvalue weighted by Crippen LogP contribution is -2.46. The number of rotatable bonds is 6. The predicted molar refractivity (Wildman–Crippen MR) is 137 cm³/mol. The number of nitrogens with zero attached hydrogens (tertiary/aromatic N) is 4. The van der Waals surface area contributed by atoms with Crippen LogP contribution in [0.2, 0.25) is 0 Å². The molecule has 0 aliphatic carbocycles. The predicted octanol–water partition coefficient (Wildman–Crippen LogP) is 4.25. The molecule has 2 aromatic heterocycles. The van der Waals surface area contributed by atoms with E-state index >= 15 is 0 Å². The zero-order valence-electron chi connectivity index (χ0n) is 19.5. The number of aromatic nitrogens is 2. The Kier molecular flexibility index (Phi) is 6.20. The first-order valence-corrected chi connectivity index (χ1v) is 11.9. The maximum atomic E-state index is 12.3. The second-order valence-electron chi connectivity index (χ2n) is 9.05. The molecule has 6 heteroatoms. The van der Waals surface area contributed by atoms with E-state index in [1.807, 2.05) is 49.5 Å². The van der Waals surface area contributed by atoms with E-state index in [-0.39, 0.29) is 5.56 Å². The largest absolute Gasteiger partial charge is 0.369 e. The number of aryl methyl sites for hydroxylation is 2. The number of nitriles is 1. The van der Waals surface area contributed by atoms with E-state index in [1.165, 1.54) is 16.6 Å². The Hall–Kier alpha value is -3.82. The van der Waals surface area contributed by atoms with Crippen LogP contribution in [0.3, 0.4) is 0 Å². The van der Waals surface area contributed by atoms with Crippen molar-refractivity contribution in [1.82, 2.24) is 14.5 Å². The van der Waals surface area contributed by atoms with Crippen LogP contribution in [0.5, 0.6) is 0 Å². The van der Waals surface area contributed by atoms with E-state index in [4.69, 9.17) is 0 Å². The first-order valence-electron chi connectivity index (χ1n) is 11.9. The van der Waals surface area contributed by atoms with Crippen molar-refractivity contribution in [2.24, 2.45) is 0 Å². The Labute approximate surface area is 199 Å². The second kappa shape index (κ2) is 9.58. The maximum absolute atomic E-state index is 12.3. The Balaban J connectivity index is 1.13. The number of aromatic amines is 1. The lowest BCUT2D eigenvalue weighted by molar-refractivity contribution is 0.255. The molecule has 1 saturated heterocycles. The fourth-order valence-corrected chi connectivity index (χ4v) is 4.79. The van der Waals surface area contributed by atoms with E-state index in [2.05, 4.69) is 39.2 Å². The van der Waals surface area contributed by atoms with E-state index in [0.717, 1.165) is 62.3 Å². The molecule has 0 radical (unpaired) electrons. The van der Waals surface area contributed by atoms with Gasteiger partial charge in [-0.3, -0.25) is 14.3 Å². The number of anilines is 1. The molecule has 1 fully saturated rings. The van der Waals surface area contributed by atoms with Crippen molar-refractivity contribution in [3.63, 3.8) is 0 Å². The molecule has 1 aliphatic rings. The molecule has 5 rings (SSSR count). The van der Waals surface area contributed by atoms with Crippen LogP contribution >= 0.6 is 0 Å². The van der Waals surface area contributed by atoms with Gasteiger partial charge in [-0.1, -0.05) is 0 Å². The highest BCUT2D eigenvalue weighted by Gasteiger charge is 2.17. The highest BCUT2D eigenvalue weighted by atomic mass is 16.1. The summed E-state index contributed by atoms with van der Waals surface area (Å²) in [4.78, 5) is 20.5. The molecule has 2 aromatic carbocycles. The summed E-state index contributed by atoms with van der Waals surface area (Å²) in [5.74, 6) is 0. The molecule has 0 unspecified atom stereocenters. The second-order valence-corrected chi connectivity index (χ2v) is 9.05. The van der Waals surface area contributed by atoms with Gasteiger partial charge in [0.15, 0.2) is 0 Å². The van der Waals surface area contributed by atoms with E-state index in [1.54, 1.807) is 10.6 Å². The normalized spacial score (nSPS) is 14.4. The lowest BCUT2D eigenvalue weighted by atomic mass is 10.1. The standard InChI is InChI=1S/C28H29N5O/c1-21-10-12-33(28(34)17-21)25-7-5-24(6-8-25)32-15-13-31(14-16-32)11-2-3-23-20-30-27-9-4-22(19-29)18-26(23)27/h4-10,12,17-18,20,30H,2-3,11,13-16H2,1H3. The topological polar surface area (TPSA) is 68.1 Å².